The lowest BCUT2D eigenvalue weighted by Gasteiger charge is -2.22. The van der Waals surface area contributed by atoms with Crippen LogP contribution in [0.1, 0.15) is 29.8 Å². The van der Waals surface area contributed by atoms with Crippen LogP contribution in [-0.2, 0) is 11.2 Å². The number of hydrogen-bond donors (Lipinski definition) is 1. The summed E-state index contributed by atoms with van der Waals surface area (Å²) in [7, 11) is 0. The van der Waals surface area contributed by atoms with Crippen LogP contribution in [0.5, 0.6) is 0 Å². The molecular weight excluding hydrogens is 407 g/mol. The van der Waals surface area contributed by atoms with Crippen molar-refractivity contribution in [1.82, 2.24) is 5.32 Å². The zero-order chi connectivity index (χ0) is 22.0. The van der Waals surface area contributed by atoms with Gasteiger partial charge in [0.1, 0.15) is 18.2 Å². The highest BCUT2D eigenvalue weighted by molar-refractivity contribution is 5.98. The van der Waals surface area contributed by atoms with Crippen molar-refractivity contribution >= 4 is 11.8 Å². The summed E-state index contributed by atoms with van der Waals surface area (Å²) in [5.41, 5.74) is -0.515. The highest BCUT2D eigenvalue weighted by atomic mass is 19.2. The summed E-state index contributed by atoms with van der Waals surface area (Å²) in [6.07, 6.45) is 0.584. The van der Waals surface area contributed by atoms with Crippen molar-refractivity contribution in [3.63, 3.8) is 0 Å². The van der Waals surface area contributed by atoms with E-state index < -0.39 is 46.6 Å². The summed E-state index contributed by atoms with van der Waals surface area (Å²) in [6, 6.07) is 8.38. The van der Waals surface area contributed by atoms with Crippen LogP contribution in [0.15, 0.2) is 35.3 Å². The molecule has 0 radical (unpaired) electrons. The number of aliphatic imine (C=N–C) groups is 1. The van der Waals surface area contributed by atoms with Gasteiger partial charge in [0.25, 0.3) is 5.91 Å². The van der Waals surface area contributed by atoms with Gasteiger partial charge in [-0.1, -0.05) is 44.2 Å². The van der Waals surface area contributed by atoms with Crippen LogP contribution in [0.3, 0.4) is 0 Å². The summed E-state index contributed by atoms with van der Waals surface area (Å²) >= 11 is 0. The first-order chi connectivity index (χ1) is 14.2. The molecule has 0 bridgehead atoms. The van der Waals surface area contributed by atoms with Crippen LogP contribution >= 0.6 is 0 Å². The second-order valence-electron chi connectivity index (χ2n) is 7.26. The molecule has 2 atom stereocenters. The molecule has 0 aliphatic carbocycles. The molecule has 3 rings (SSSR count). The van der Waals surface area contributed by atoms with Gasteiger partial charge in [-0.05, 0) is 17.9 Å². The maximum absolute atomic E-state index is 13.9. The van der Waals surface area contributed by atoms with Gasteiger partial charge >= 0.3 is 0 Å². The Balaban J connectivity index is 1.82. The zero-order valence-corrected chi connectivity index (χ0v) is 16.2. The number of amides is 1. The van der Waals surface area contributed by atoms with E-state index in [-0.39, 0.29) is 24.5 Å². The van der Waals surface area contributed by atoms with E-state index in [0.717, 1.165) is 5.56 Å². The fourth-order valence-corrected chi connectivity index (χ4v) is 3.13. The minimum absolute atomic E-state index is 0.142. The summed E-state index contributed by atoms with van der Waals surface area (Å²) in [5.74, 6) is -12.7. The van der Waals surface area contributed by atoms with E-state index in [1.807, 2.05) is 30.3 Å². The van der Waals surface area contributed by atoms with Crippen molar-refractivity contribution in [2.45, 2.75) is 32.4 Å². The predicted octanol–water partition coefficient (Wildman–Crippen LogP) is 4.18. The van der Waals surface area contributed by atoms with Crippen molar-refractivity contribution in [1.29, 1.82) is 0 Å². The summed E-state index contributed by atoms with van der Waals surface area (Å²) in [6.45, 7) is 3.63. The lowest BCUT2D eigenvalue weighted by atomic mass is 10.0. The van der Waals surface area contributed by atoms with Crippen LogP contribution in [0.25, 0.3) is 0 Å². The van der Waals surface area contributed by atoms with E-state index in [1.165, 1.54) is 0 Å². The van der Waals surface area contributed by atoms with Crippen LogP contribution in [0.4, 0.5) is 22.0 Å². The zero-order valence-electron chi connectivity index (χ0n) is 16.2. The van der Waals surface area contributed by atoms with E-state index in [1.54, 1.807) is 13.8 Å². The average molecular weight is 426 g/mol. The average Bonchev–Trinajstić information content (AvgIpc) is 3.17. The fraction of sp³-hybridized carbons (Fsp3) is 0.333. The van der Waals surface area contributed by atoms with Gasteiger partial charge in [0.05, 0.1) is 6.04 Å². The van der Waals surface area contributed by atoms with E-state index >= 15 is 0 Å². The number of ether oxygens (including phenoxy) is 1. The van der Waals surface area contributed by atoms with Crippen molar-refractivity contribution in [2.75, 3.05) is 6.61 Å². The number of nitrogens with zero attached hydrogens (tertiary/aromatic N) is 1. The summed E-state index contributed by atoms with van der Waals surface area (Å²) < 4.78 is 73.5. The molecule has 1 unspecified atom stereocenters. The Morgan fingerprint density at radius 1 is 1.03 bits per heavy atom. The molecule has 0 spiro atoms. The number of carbonyl (C=O) groups is 1. The predicted molar refractivity (Wildman–Crippen MR) is 99.6 cm³/mol. The largest absolute Gasteiger partial charge is 0.477 e. The highest BCUT2D eigenvalue weighted by Crippen LogP contribution is 2.24. The van der Waals surface area contributed by atoms with Gasteiger partial charge in [0.15, 0.2) is 23.3 Å². The molecular formula is C21H19F5N2O2. The van der Waals surface area contributed by atoms with Gasteiger partial charge in [0, 0.05) is 0 Å². The SMILES string of the molecule is CC(C)C(NC(=O)c1c(F)c(F)c(F)c(F)c1F)C1=N[C@@H](Cc2ccccc2)CO1. The smallest absolute Gasteiger partial charge is 0.258 e. The Kier molecular flexibility index (Phi) is 6.38. The Bertz CT molecular complexity index is 950. The number of nitrogens with one attached hydrogen (secondary N) is 1. The molecule has 1 heterocycles. The first-order valence-electron chi connectivity index (χ1n) is 9.27. The van der Waals surface area contributed by atoms with Crippen LogP contribution < -0.4 is 5.32 Å². The first kappa shape index (κ1) is 21.7. The maximum atomic E-state index is 13.9. The molecule has 1 aliphatic rings. The Morgan fingerprint density at radius 2 is 1.60 bits per heavy atom. The topological polar surface area (TPSA) is 50.7 Å². The molecule has 0 saturated carbocycles. The molecule has 1 N–H and O–H groups in total. The van der Waals surface area contributed by atoms with E-state index in [4.69, 9.17) is 4.74 Å². The molecule has 1 aliphatic heterocycles. The van der Waals surface area contributed by atoms with Crippen molar-refractivity contribution in [3.05, 3.63) is 70.5 Å². The number of carbonyl (C=O) groups excluding carboxylic acids is 1. The normalized spacial score (nSPS) is 16.9. The standard InChI is InChI=1S/C21H19F5N2O2/c1-10(2)19(21-27-12(9-30-21)8-11-6-4-3-5-7-11)28-20(29)13-14(22)16(24)18(26)17(25)15(13)23/h3-7,10,12,19H,8-9H2,1-2H3,(H,28,29)/t12-,19?/m0/s1. The van der Waals surface area contributed by atoms with E-state index in [9.17, 15) is 26.7 Å². The number of benzene rings is 2. The first-order valence-corrected chi connectivity index (χ1v) is 9.27. The molecule has 0 aromatic heterocycles. The van der Waals surface area contributed by atoms with Gasteiger partial charge < -0.3 is 10.1 Å². The van der Waals surface area contributed by atoms with E-state index in [0.29, 0.717) is 6.42 Å². The van der Waals surface area contributed by atoms with Crippen LogP contribution in [0.2, 0.25) is 0 Å². The van der Waals surface area contributed by atoms with Gasteiger partial charge in [-0.15, -0.1) is 0 Å². The lowest BCUT2D eigenvalue weighted by molar-refractivity contribution is 0.0922. The Morgan fingerprint density at radius 3 is 2.17 bits per heavy atom. The van der Waals surface area contributed by atoms with Crippen LogP contribution in [-0.4, -0.2) is 30.5 Å². The van der Waals surface area contributed by atoms with Crippen LogP contribution in [0, 0.1) is 35.0 Å². The van der Waals surface area contributed by atoms with Crippen molar-refractivity contribution in [3.8, 4) is 0 Å². The summed E-state index contributed by atoms with van der Waals surface area (Å²) in [5, 5.41) is 2.28. The molecule has 0 saturated heterocycles. The van der Waals surface area contributed by atoms with Crippen molar-refractivity contribution < 1.29 is 31.5 Å². The minimum atomic E-state index is -2.32. The van der Waals surface area contributed by atoms with Crippen molar-refractivity contribution in [2.24, 2.45) is 10.9 Å². The molecule has 160 valence electrons. The monoisotopic (exact) mass is 426 g/mol. The van der Waals surface area contributed by atoms with Gasteiger partial charge in [0.2, 0.25) is 11.7 Å². The second kappa shape index (κ2) is 8.81. The maximum Gasteiger partial charge on any atom is 0.258 e. The third-order valence-corrected chi connectivity index (χ3v) is 4.70. The van der Waals surface area contributed by atoms with Gasteiger partial charge in [-0.2, -0.15) is 0 Å². The molecule has 2 aromatic rings. The number of rotatable bonds is 6. The lowest BCUT2D eigenvalue weighted by Crippen LogP contribution is -2.45. The quantitative estimate of drug-likeness (QED) is 0.428. The highest BCUT2D eigenvalue weighted by Gasteiger charge is 2.34. The second-order valence-corrected chi connectivity index (χ2v) is 7.26. The van der Waals surface area contributed by atoms with E-state index in [2.05, 4.69) is 10.3 Å². The molecule has 1 amide bonds. The van der Waals surface area contributed by atoms with Gasteiger partial charge in [-0.25, -0.2) is 26.9 Å². The summed E-state index contributed by atoms with van der Waals surface area (Å²) in [4.78, 5) is 16.8. The third kappa shape index (κ3) is 4.29. The van der Waals surface area contributed by atoms with Gasteiger partial charge in [-0.3, -0.25) is 4.79 Å². The molecule has 2 aromatic carbocycles. The third-order valence-electron chi connectivity index (χ3n) is 4.70. The minimum Gasteiger partial charge on any atom is -0.477 e. The Hall–Kier alpha value is -2.97. The molecule has 9 heteroatoms. The fourth-order valence-electron chi connectivity index (χ4n) is 3.13. The molecule has 0 fully saturated rings. The molecule has 30 heavy (non-hydrogen) atoms. The number of hydrogen-bond acceptors (Lipinski definition) is 3. The molecule has 4 nitrogen and oxygen atoms in total. The Labute approximate surface area is 169 Å². The number of halogens is 5.